The van der Waals surface area contributed by atoms with Crippen LogP contribution in [0.2, 0.25) is 0 Å². The van der Waals surface area contributed by atoms with E-state index in [0.717, 1.165) is 0 Å². The van der Waals surface area contributed by atoms with Crippen LogP contribution in [0.25, 0.3) is 6.08 Å². The van der Waals surface area contributed by atoms with Crippen LogP contribution in [0, 0.1) is 0 Å². The van der Waals surface area contributed by atoms with Crippen LogP contribution in [0.4, 0.5) is 0 Å². The zero-order chi connectivity index (χ0) is 12.9. The summed E-state index contributed by atoms with van der Waals surface area (Å²) >= 11 is 1.27. The number of carboxylic acids is 1. The molecule has 7 nitrogen and oxygen atoms in total. The monoisotopic (exact) mass is 286 g/mol. The summed E-state index contributed by atoms with van der Waals surface area (Å²) in [5.74, 6) is -1.66. The quantitative estimate of drug-likeness (QED) is 0.310. The number of amides is 1. The Morgan fingerprint density at radius 2 is 2.32 bits per heavy atom. The number of carbonyl (C=O) groups excluding carboxylic acids is 2. The van der Waals surface area contributed by atoms with E-state index in [1.54, 1.807) is 13.1 Å². The van der Waals surface area contributed by atoms with Crippen molar-refractivity contribution >= 4 is 29.7 Å². The predicted octanol–water partition coefficient (Wildman–Crippen LogP) is -4.29. The Hall–Kier alpha value is -1.09. The molecule has 0 bridgehead atoms. The molecule has 0 aromatic carbocycles. The minimum atomic E-state index is -1.34. The van der Waals surface area contributed by atoms with Crippen molar-refractivity contribution in [3.8, 4) is 0 Å². The average molecular weight is 286 g/mol. The van der Waals surface area contributed by atoms with Crippen molar-refractivity contribution in [1.82, 2.24) is 19.9 Å². The van der Waals surface area contributed by atoms with Gasteiger partial charge in [-0.1, -0.05) is 0 Å². The second kappa shape index (κ2) is 5.12. The van der Waals surface area contributed by atoms with E-state index in [0.29, 0.717) is 11.3 Å². The van der Waals surface area contributed by atoms with Crippen molar-refractivity contribution in [1.29, 1.82) is 0 Å². The minimum absolute atomic E-state index is 0. The third-order valence-electron chi connectivity index (χ3n) is 2.66. The summed E-state index contributed by atoms with van der Waals surface area (Å²) in [6.45, 7) is 0. The second-order valence-electron chi connectivity index (χ2n) is 3.81. The number of nitrogens with zero attached hydrogens (tertiary/aromatic N) is 4. The molecule has 2 aliphatic rings. The summed E-state index contributed by atoms with van der Waals surface area (Å²) in [7, 11) is 1.68. The maximum Gasteiger partial charge on any atom is 1.00 e. The number of fused-ring (bicyclic) bond motifs is 1. The zero-order valence-corrected chi connectivity index (χ0v) is 13.0. The Morgan fingerprint density at radius 1 is 1.58 bits per heavy atom. The van der Waals surface area contributed by atoms with E-state index in [2.05, 4.69) is 10.2 Å². The Kier molecular flexibility index (Phi) is 3.86. The van der Waals surface area contributed by atoms with Gasteiger partial charge in [0.1, 0.15) is 11.1 Å². The molecule has 1 aromatic rings. The van der Waals surface area contributed by atoms with E-state index < -0.39 is 5.97 Å². The van der Waals surface area contributed by atoms with Crippen molar-refractivity contribution in [3.05, 3.63) is 28.6 Å². The van der Waals surface area contributed by atoms with Gasteiger partial charge in [0.25, 0.3) is 5.91 Å². The second-order valence-corrected chi connectivity index (χ2v) is 4.77. The smallest absolute Gasteiger partial charge is 0.543 e. The van der Waals surface area contributed by atoms with Gasteiger partial charge in [-0.15, -0.1) is 11.8 Å². The molecule has 9 heteroatoms. The van der Waals surface area contributed by atoms with Gasteiger partial charge in [-0.25, -0.2) is 0 Å². The van der Waals surface area contributed by atoms with E-state index in [9.17, 15) is 14.7 Å². The normalized spacial score (nSPS) is 22.7. The number of β-lactam (4-membered cyclic amide) rings is 1. The molecule has 0 unspecified atom stereocenters. The van der Waals surface area contributed by atoms with Crippen LogP contribution in [0.1, 0.15) is 5.69 Å². The van der Waals surface area contributed by atoms with Gasteiger partial charge >= 0.3 is 29.6 Å². The molecule has 3 rings (SSSR count). The Balaban J connectivity index is 0.00000133. The summed E-state index contributed by atoms with van der Waals surface area (Å²) in [5, 5.41) is 19.8. The first-order valence-electron chi connectivity index (χ1n) is 5.06. The first-order chi connectivity index (χ1) is 8.58. The summed E-state index contributed by atoms with van der Waals surface area (Å²) < 4.78 is 0. The SMILES string of the molecule is Cn1ncc(/C=C2\C(=O)N3C(C(=O)[O-])=CS[C@H]23)n1.[Na+]. The standard InChI is InChI=1S/C10H8N4O3S.Na/c1-13-11-3-5(12-13)2-6-8(15)14-7(10(16)17)4-18-9(6)14;/h2-4,9H,1H3,(H,16,17);/q;+1/p-1/b6-2+;/t9-;/m1./s1. The molecule has 0 saturated carbocycles. The number of hydrogen-bond acceptors (Lipinski definition) is 6. The topological polar surface area (TPSA) is 91.2 Å². The fraction of sp³-hybridized carbons (Fsp3) is 0.200. The fourth-order valence-electron chi connectivity index (χ4n) is 1.85. The molecule has 1 saturated heterocycles. The molecule has 1 aromatic heterocycles. The molecule has 1 fully saturated rings. The number of carboxylic acid groups (broad SMARTS) is 1. The van der Waals surface area contributed by atoms with Crippen LogP contribution < -0.4 is 34.7 Å². The van der Waals surface area contributed by atoms with Gasteiger partial charge in [-0.05, 0) is 11.5 Å². The Morgan fingerprint density at radius 3 is 2.89 bits per heavy atom. The Bertz CT molecular complexity index is 624. The van der Waals surface area contributed by atoms with Crippen molar-refractivity contribution in [2.75, 3.05) is 0 Å². The van der Waals surface area contributed by atoms with Crippen molar-refractivity contribution in [2.24, 2.45) is 7.05 Å². The van der Waals surface area contributed by atoms with Crippen molar-refractivity contribution in [2.45, 2.75) is 5.37 Å². The van der Waals surface area contributed by atoms with E-state index >= 15 is 0 Å². The zero-order valence-electron chi connectivity index (χ0n) is 10.2. The number of thioether (sulfide) groups is 1. The van der Waals surface area contributed by atoms with Crippen LogP contribution in [0.15, 0.2) is 22.9 Å². The summed E-state index contributed by atoms with van der Waals surface area (Å²) in [5.41, 5.74) is 1.02. The van der Waals surface area contributed by atoms with Gasteiger partial charge in [0.2, 0.25) is 0 Å². The number of aromatic nitrogens is 3. The van der Waals surface area contributed by atoms with E-state index in [-0.39, 0.29) is 46.5 Å². The first-order valence-corrected chi connectivity index (χ1v) is 6.00. The molecule has 0 radical (unpaired) electrons. The van der Waals surface area contributed by atoms with Crippen LogP contribution in [-0.4, -0.2) is 37.1 Å². The predicted molar refractivity (Wildman–Crippen MR) is 60.3 cm³/mol. The number of rotatable bonds is 2. The summed E-state index contributed by atoms with van der Waals surface area (Å²) in [6, 6.07) is 0. The summed E-state index contributed by atoms with van der Waals surface area (Å²) in [4.78, 5) is 25.2. The van der Waals surface area contributed by atoms with Gasteiger partial charge in [0.15, 0.2) is 0 Å². The van der Waals surface area contributed by atoms with E-state index in [4.69, 9.17) is 0 Å². The fourth-order valence-corrected chi connectivity index (χ4v) is 2.96. The maximum absolute atomic E-state index is 11.8. The molecule has 0 N–H and O–H groups in total. The molecule has 2 aliphatic heterocycles. The molecular weight excluding hydrogens is 279 g/mol. The van der Waals surface area contributed by atoms with Crippen molar-refractivity contribution in [3.63, 3.8) is 0 Å². The molecular formula is C10H7N4NaO3S. The van der Waals surface area contributed by atoms with Crippen LogP contribution >= 0.6 is 11.8 Å². The van der Waals surface area contributed by atoms with Crippen LogP contribution in [0.5, 0.6) is 0 Å². The number of carbonyl (C=O) groups is 2. The largest absolute Gasteiger partial charge is 1.00 e. The molecule has 1 amide bonds. The van der Waals surface area contributed by atoms with Gasteiger partial charge in [0, 0.05) is 7.05 Å². The van der Waals surface area contributed by atoms with Crippen LogP contribution in [0.3, 0.4) is 0 Å². The van der Waals surface area contributed by atoms with E-state index in [1.807, 2.05) is 0 Å². The van der Waals surface area contributed by atoms with Crippen molar-refractivity contribution < 1.29 is 44.3 Å². The van der Waals surface area contributed by atoms with Gasteiger partial charge in [0.05, 0.1) is 23.4 Å². The third kappa shape index (κ3) is 2.25. The molecule has 0 aliphatic carbocycles. The number of hydrogen-bond donors (Lipinski definition) is 0. The Labute approximate surface area is 134 Å². The molecule has 0 spiro atoms. The summed E-state index contributed by atoms with van der Waals surface area (Å²) in [6.07, 6.45) is 3.16. The first kappa shape index (κ1) is 14.3. The third-order valence-corrected chi connectivity index (χ3v) is 3.75. The van der Waals surface area contributed by atoms with Gasteiger partial charge in [-0.2, -0.15) is 15.0 Å². The molecule has 19 heavy (non-hydrogen) atoms. The molecule has 1 atom stereocenters. The van der Waals surface area contributed by atoms with E-state index in [1.165, 1.54) is 33.1 Å². The maximum atomic E-state index is 11.8. The van der Waals surface area contributed by atoms with Gasteiger partial charge < -0.3 is 9.90 Å². The van der Waals surface area contributed by atoms with Gasteiger partial charge in [-0.3, -0.25) is 9.69 Å². The molecule has 92 valence electrons. The number of aryl methyl sites for hydroxylation is 1. The minimum Gasteiger partial charge on any atom is -0.543 e. The molecule has 3 heterocycles. The van der Waals surface area contributed by atoms with Crippen LogP contribution in [-0.2, 0) is 16.6 Å². The average Bonchev–Trinajstić information content (AvgIpc) is 2.89. The number of aliphatic carboxylic acids is 1.